The van der Waals surface area contributed by atoms with E-state index in [1.807, 2.05) is 19.9 Å². The Morgan fingerprint density at radius 1 is 1.50 bits per heavy atom. The summed E-state index contributed by atoms with van der Waals surface area (Å²) in [6.45, 7) is 3.64. The number of nitrogens with zero attached hydrogens (tertiary/aromatic N) is 3. The first-order valence-electron chi connectivity index (χ1n) is 5.18. The zero-order valence-electron chi connectivity index (χ0n) is 9.94. The fourth-order valence-electron chi connectivity index (χ4n) is 1.01. The molecule has 1 rings (SSSR count). The summed E-state index contributed by atoms with van der Waals surface area (Å²) in [4.78, 5) is 19.5. The number of aromatic nitrogens is 2. The van der Waals surface area contributed by atoms with Crippen LogP contribution in [0.3, 0.4) is 0 Å². The lowest BCUT2D eigenvalue weighted by molar-refractivity contribution is -0.117. The van der Waals surface area contributed by atoms with Gasteiger partial charge in [-0.25, -0.2) is 9.97 Å². The molecule has 1 heterocycles. The Kier molecular flexibility index (Phi) is 5.27. The Labute approximate surface area is 113 Å². The molecule has 0 aromatic carbocycles. The van der Waals surface area contributed by atoms with Crippen molar-refractivity contribution < 1.29 is 4.79 Å². The molecule has 0 saturated heterocycles. The van der Waals surface area contributed by atoms with Crippen LogP contribution in [-0.4, -0.2) is 21.9 Å². The average Bonchev–Trinajstić information content (AvgIpc) is 2.31. The third kappa shape index (κ3) is 4.51. The normalized spacial score (nSPS) is 10.9. The van der Waals surface area contributed by atoms with Crippen LogP contribution in [0.15, 0.2) is 28.6 Å². The van der Waals surface area contributed by atoms with E-state index in [0.29, 0.717) is 5.95 Å². The molecule has 18 heavy (non-hydrogen) atoms. The van der Waals surface area contributed by atoms with Gasteiger partial charge in [0.05, 0.1) is 4.47 Å². The largest absolute Gasteiger partial charge is 0.349 e. The second kappa shape index (κ2) is 6.71. The molecule has 0 fully saturated rings. The van der Waals surface area contributed by atoms with Gasteiger partial charge in [0, 0.05) is 24.6 Å². The molecule has 7 heteroatoms. The highest BCUT2D eigenvalue weighted by Gasteiger charge is 2.09. The van der Waals surface area contributed by atoms with Gasteiger partial charge < -0.3 is 10.6 Å². The molecule has 0 aliphatic rings. The van der Waals surface area contributed by atoms with E-state index in [4.69, 9.17) is 5.26 Å². The van der Waals surface area contributed by atoms with E-state index in [0.717, 1.165) is 4.47 Å². The number of rotatable bonds is 4. The summed E-state index contributed by atoms with van der Waals surface area (Å²) >= 11 is 3.20. The molecule has 1 aromatic heterocycles. The van der Waals surface area contributed by atoms with Crippen LogP contribution in [0.5, 0.6) is 0 Å². The third-order valence-corrected chi connectivity index (χ3v) is 2.16. The summed E-state index contributed by atoms with van der Waals surface area (Å²) in [6.07, 6.45) is 4.40. The van der Waals surface area contributed by atoms with Gasteiger partial charge in [-0.2, -0.15) is 5.26 Å². The van der Waals surface area contributed by atoms with Crippen LogP contribution in [0.4, 0.5) is 5.95 Å². The van der Waals surface area contributed by atoms with Crippen LogP contribution in [-0.2, 0) is 4.79 Å². The van der Waals surface area contributed by atoms with Gasteiger partial charge in [0.25, 0.3) is 5.91 Å². The maximum absolute atomic E-state index is 11.6. The van der Waals surface area contributed by atoms with Crippen molar-refractivity contribution in [3.8, 4) is 6.07 Å². The third-order valence-electron chi connectivity index (χ3n) is 1.75. The quantitative estimate of drug-likeness (QED) is 0.651. The minimum Gasteiger partial charge on any atom is -0.349 e. The van der Waals surface area contributed by atoms with Gasteiger partial charge in [-0.15, -0.1) is 0 Å². The van der Waals surface area contributed by atoms with Crippen molar-refractivity contribution in [1.29, 1.82) is 5.26 Å². The molecule has 0 aliphatic heterocycles. The Morgan fingerprint density at radius 2 is 2.11 bits per heavy atom. The monoisotopic (exact) mass is 309 g/mol. The summed E-state index contributed by atoms with van der Waals surface area (Å²) in [5.41, 5.74) is -0.0322. The number of halogens is 1. The molecular weight excluding hydrogens is 298 g/mol. The van der Waals surface area contributed by atoms with Gasteiger partial charge in [0.1, 0.15) is 11.6 Å². The average molecular weight is 310 g/mol. The first kappa shape index (κ1) is 14.1. The summed E-state index contributed by atoms with van der Waals surface area (Å²) in [6, 6.07) is 1.78. The van der Waals surface area contributed by atoms with E-state index in [1.54, 1.807) is 12.4 Å². The predicted molar refractivity (Wildman–Crippen MR) is 70.3 cm³/mol. The van der Waals surface area contributed by atoms with E-state index >= 15 is 0 Å². The van der Waals surface area contributed by atoms with E-state index in [9.17, 15) is 4.79 Å². The van der Waals surface area contributed by atoms with Gasteiger partial charge in [-0.3, -0.25) is 4.79 Å². The van der Waals surface area contributed by atoms with Crippen LogP contribution in [0, 0.1) is 11.3 Å². The van der Waals surface area contributed by atoms with Gasteiger partial charge in [0.15, 0.2) is 0 Å². The van der Waals surface area contributed by atoms with Crippen LogP contribution < -0.4 is 10.6 Å². The van der Waals surface area contributed by atoms with E-state index in [1.165, 1.54) is 6.20 Å². The summed E-state index contributed by atoms with van der Waals surface area (Å²) in [5.74, 6) is -0.125. The maximum Gasteiger partial charge on any atom is 0.263 e. The van der Waals surface area contributed by atoms with Gasteiger partial charge in [0.2, 0.25) is 5.95 Å². The fraction of sp³-hybridized carbons (Fsp3) is 0.273. The smallest absolute Gasteiger partial charge is 0.263 e. The van der Waals surface area contributed by atoms with Gasteiger partial charge in [-0.05, 0) is 29.8 Å². The molecule has 94 valence electrons. The van der Waals surface area contributed by atoms with E-state index < -0.39 is 5.91 Å². The lowest BCUT2D eigenvalue weighted by Crippen LogP contribution is -2.31. The van der Waals surface area contributed by atoms with Crippen molar-refractivity contribution in [2.24, 2.45) is 0 Å². The highest BCUT2D eigenvalue weighted by molar-refractivity contribution is 9.10. The number of nitriles is 1. The highest BCUT2D eigenvalue weighted by Crippen LogP contribution is 2.07. The highest BCUT2D eigenvalue weighted by atomic mass is 79.9. The molecule has 2 N–H and O–H groups in total. The zero-order chi connectivity index (χ0) is 13.5. The molecule has 0 spiro atoms. The van der Waals surface area contributed by atoms with Crippen LogP contribution in [0.25, 0.3) is 0 Å². The lowest BCUT2D eigenvalue weighted by Gasteiger charge is -2.07. The summed E-state index contributed by atoms with van der Waals surface area (Å²) in [5, 5.41) is 14.2. The Balaban J connectivity index is 2.72. The molecule has 0 unspecified atom stereocenters. The molecule has 0 aliphatic carbocycles. The molecule has 0 radical (unpaired) electrons. The molecule has 1 amide bonds. The standard InChI is InChI=1S/C11H12BrN5O/c1-7(2)17-10(18)8(3-13)4-14-11-15-5-9(12)6-16-11/h4-7H,1-2H3,(H,17,18)(H,14,15,16)/b8-4-. The van der Waals surface area contributed by atoms with Crippen molar-refractivity contribution in [3.05, 3.63) is 28.6 Å². The van der Waals surface area contributed by atoms with Gasteiger partial charge in [-0.1, -0.05) is 0 Å². The summed E-state index contributed by atoms with van der Waals surface area (Å²) < 4.78 is 0.745. The molecule has 0 atom stereocenters. The predicted octanol–water partition coefficient (Wildman–Crippen LogP) is 1.58. The van der Waals surface area contributed by atoms with Crippen molar-refractivity contribution in [3.63, 3.8) is 0 Å². The fourth-order valence-corrected chi connectivity index (χ4v) is 1.22. The van der Waals surface area contributed by atoms with Crippen molar-refractivity contribution in [2.45, 2.75) is 19.9 Å². The Bertz CT molecular complexity index is 489. The molecule has 1 aromatic rings. The number of hydrogen-bond acceptors (Lipinski definition) is 5. The van der Waals surface area contributed by atoms with Gasteiger partial charge >= 0.3 is 0 Å². The van der Waals surface area contributed by atoms with Crippen molar-refractivity contribution >= 4 is 27.8 Å². The topological polar surface area (TPSA) is 90.7 Å². The molecule has 0 saturated carbocycles. The van der Waals surface area contributed by atoms with Crippen molar-refractivity contribution in [1.82, 2.24) is 15.3 Å². The zero-order valence-corrected chi connectivity index (χ0v) is 11.5. The van der Waals surface area contributed by atoms with Crippen LogP contribution >= 0.6 is 15.9 Å². The maximum atomic E-state index is 11.6. The first-order chi connectivity index (χ1) is 8.52. The van der Waals surface area contributed by atoms with Crippen LogP contribution in [0.2, 0.25) is 0 Å². The number of carbonyl (C=O) groups excluding carboxylic acids is 1. The Morgan fingerprint density at radius 3 is 2.61 bits per heavy atom. The molecule has 0 bridgehead atoms. The molecular formula is C11H12BrN5O. The second-order valence-corrected chi connectivity index (χ2v) is 4.58. The number of amides is 1. The van der Waals surface area contributed by atoms with E-state index in [2.05, 4.69) is 36.5 Å². The Hall–Kier alpha value is -1.94. The lowest BCUT2D eigenvalue weighted by atomic mass is 10.2. The minimum absolute atomic E-state index is 0.0295. The SMILES string of the molecule is CC(C)NC(=O)/C(C#N)=C\Nc1ncc(Br)cn1. The number of nitrogens with one attached hydrogen (secondary N) is 2. The van der Waals surface area contributed by atoms with E-state index in [-0.39, 0.29) is 11.6 Å². The molecule has 6 nitrogen and oxygen atoms in total. The number of hydrogen-bond donors (Lipinski definition) is 2. The first-order valence-corrected chi connectivity index (χ1v) is 5.97. The number of anilines is 1. The van der Waals surface area contributed by atoms with Crippen molar-refractivity contribution in [2.75, 3.05) is 5.32 Å². The number of carbonyl (C=O) groups is 1. The van der Waals surface area contributed by atoms with Crippen LogP contribution in [0.1, 0.15) is 13.8 Å². The summed E-state index contributed by atoms with van der Waals surface area (Å²) in [7, 11) is 0. The minimum atomic E-state index is -0.433. The second-order valence-electron chi connectivity index (χ2n) is 3.67.